The minimum Gasteiger partial charge on any atom is -0.383 e. The number of ether oxygens (including phenoxy) is 1. The molecule has 9 nitrogen and oxygen atoms in total. The minimum atomic E-state index is -3.90. The van der Waals surface area contributed by atoms with E-state index in [-0.39, 0.29) is 15.4 Å². The van der Waals surface area contributed by atoms with Crippen LogP contribution in [0, 0.1) is 0 Å². The second-order valence-corrected chi connectivity index (χ2v) is 11.4. The Labute approximate surface area is 183 Å². The number of nitrogens with two attached hydrogens (primary N) is 1. The Balaban J connectivity index is 1.96. The summed E-state index contributed by atoms with van der Waals surface area (Å²) in [6, 6.07) is 12.9. The zero-order chi connectivity index (χ0) is 22.6. The van der Waals surface area contributed by atoms with Crippen LogP contribution in [0.5, 0.6) is 0 Å². The Kier molecular flexibility index (Phi) is 7.06. The molecule has 3 aromatic rings. The van der Waals surface area contributed by atoms with Crippen LogP contribution in [-0.4, -0.2) is 46.8 Å². The summed E-state index contributed by atoms with van der Waals surface area (Å²) in [5, 5.41) is 5.19. The molecular weight excluding hydrogens is 462 g/mol. The molecule has 0 radical (unpaired) electrons. The lowest BCUT2D eigenvalue weighted by Crippen LogP contribution is -2.22. The van der Waals surface area contributed by atoms with Gasteiger partial charge in [0.1, 0.15) is 5.75 Å². The van der Waals surface area contributed by atoms with Crippen molar-refractivity contribution >= 4 is 47.3 Å². The normalized spacial score (nSPS) is 13.0. The molecule has 166 valence electrons. The van der Waals surface area contributed by atoms with Crippen molar-refractivity contribution < 1.29 is 26.4 Å². The molecule has 0 spiro atoms. The Hall–Kier alpha value is -2.38. The Bertz CT molecular complexity index is 1370. The molecule has 0 unspecified atom stereocenters. The molecule has 0 aliphatic carbocycles. The van der Waals surface area contributed by atoms with Crippen LogP contribution in [-0.2, 0) is 41.7 Å². The summed E-state index contributed by atoms with van der Waals surface area (Å²) in [6.07, 6.45) is 0. The molecular formula is C19H21N3O6S3. The molecule has 12 heteroatoms. The average Bonchev–Trinajstić information content (AvgIpc) is 3.01. The number of hydrogen-bond acceptors (Lipinski definition) is 7. The summed E-state index contributed by atoms with van der Waals surface area (Å²) in [5.41, 5.74) is 1.22. The van der Waals surface area contributed by atoms with Crippen molar-refractivity contribution in [1.29, 1.82) is 0 Å². The molecule has 3 rings (SSSR count). The lowest BCUT2D eigenvalue weighted by atomic mass is 10.2. The first-order valence-electron chi connectivity index (χ1n) is 9.06. The maximum absolute atomic E-state index is 12.4. The van der Waals surface area contributed by atoms with Gasteiger partial charge in [-0.1, -0.05) is 41.7 Å². The van der Waals surface area contributed by atoms with Gasteiger partial charge in [-0.15, -0.1) is 0 Å². The first-order valence-corrected chi connectivity index (χ1v) is 13.2. The number of fused-ring (bicyclic) bond motifs is 1. The molecule has 0 saturated heterocycles. The second-order valence-electron chi connectivity index (χ2n) is 6.73. The molecule has 1 heterocycles. The van der Waals surface area contributed by atoms with E-state index >= 15 is 0 Å². The first-order chi connectivity index (χ1) is 14.6. The Morgan fingerprint density at radius 3 is 2.48 bits per heavy atom. The van der Waals surface area contributed by atoms with E-state index in [1.54, 1.807) is 41.0 Å². The third kappa shape index (κ3) is 6.08. The lowest BCUT2D eigenvalue weighted by molar-refractivity contribution is -0.115. The van der Waals surface area contributed by atoms with Gasteiger partial charge in [-0.2, -0.15) is 4.99 Å². The highest BCUT2D eigenvalue weighted by molar-refractivity contribution is 7.91. The number of carbonyl (C=O) groups is 1. The number of thiazole rings is 1. The van der Waals surface area contributed by atoms with Crippen molar-refractivity contribution in [1.82, 2.24) is 4.57 Å². The quantitative estimate of drug-likeness (QED) is 0.508. The number of hydrogen-bond donors (Lipinski definition) is 1. The fourth-order valence-corrected chi connectivity index (χ4v) is 5.89. The number of amides is 1. The number of sulfonamides is 1. The molecule has 1 aromatic heterocycles. The topological polar surface area (TPSA) is 138 Å². The molecule has 2 N–H and O–H groups in total. The van der Waals surface area contributed by atoms with E-state index in [0.717, 1.165) is 11.3 Å². The van der Waals surface area contributed by atoms with Crippen LogP contribution in [0.3, 0.4) is 0 Å². The predicted molar refractivity (Wildman–Crippen MR) is 118 cm³/mol. The average molecular weight is 484 g/mol. The number of rotatable bonds is 8. The van der Waals surface area contributed by atoms with Gasteiger partial charge < -0.3 is 9.30 Å². The largest absolute Gasteiger partial charge is 0.383 e. The molecule has 2 aromatic carbocycles. The van der Waals surface area contributed by atoms with Crippen molar-refractivity contribution in [2.75, 3.05) is 19.5 Å². The van der Waals surface area contributed by atoms with E-state index in [1.165, 1.54) is 19.2 Å². The standard InChI is InChI=1S/C19H21N3O6S3/c1-28-10-9-22-16-8-7-15(31(20,26)27)11-17(16)29-19(22)21-18(23)13-30(24,25)12-14-5-3-2-4-6-14/h2-8,11H,9-10,12-13H2,1H3,(H2,20,26,27). The van der Waals surface area contributed by atoms with Crippen LogP contribution in [0.2, 0.25) is 0 Å². The third-order valence-electron chi connectivity index (χ3n) is 4.29. The fraction of sp³-hybridized carbons (Fsp3) is 0.263. The van der Waals surface area contributed by atoms with Crippen LogP contribution in [0.25, 0.3) is 10.2 Å². The molecule has 0 saturated carbocycles. The smallest absolute Gasteiger partial charge is 0.263 e. The number of primary sulfonamides is 1. The van der Waals surface area contributed by atoms with Gasteiger partial charge >= 0.3 is 0 Å². The van der Waals surface area contributed by atoms with E-state index in [1.807, 2.05) is 0 Å². The molecule has 0 fully saturated rings. The summed E-state index contributed by atoms with van der Waals surface area (Å²) in [7, 11) is -6.08. The van der Waals surface area contributed by atoms with Gasteiger partial charge in [-0.25, -0.2) is 22.0 Å². The zero-order valence-corrected chi connectivity index (χ0v) is 19.0. The van der Waals surface area contributed by atoms with E-state index in [0.29, 0.717) is 28.9 Å². The van der Waals surface area contributed by atoms with Crippen molar-refractivity contribution in [3.63, 3.8) is 0 Å². The molecule has 0 aliphatic rings. The summed E-state index contributed by atoms with van der Waals surface area (Å²) >= 11 is 1.07. The van der Waals surface area contributed by atoms with Gasteiger partial charge in [0.25, 0.3) is 5.91 Å². The summed E-state index contributed by atoms with van der Waals surface area (Å²) in [4.78, 5) is 16.6. The van der Waals surface area contributed by atoms with Crippen LogP contribution in [0.1, 0.15) is 5.56 Å². The van der Waals surface area contributed by atoms with Crippen LogP contribution in [0.4, 0.5) is 0 Å². The van der Waals surface area contributed by atoms with Crippen molar-refractivity contribution in [3.05, 3.63) is 58.9 Å². The predicted octanol–water partition coefficient (Wildman–Crippen LogP) is 1.04. The monoisotopic (exact) mass is 483 g/mol. The Morgan fingerprint density at radius 1 is 1.13 bits per heavy atom. The summed E-state index contributed by atoms with van der Waals surface area (Å²) in [5.74, 6) is -1.80. The summed E-state index contributed by atoms with van der Waals surface area (Å²) < 4.78 is 55.4. The van der Waals surface area contributed by atoms with Crippen LogP contribution < -0.4 is 9.94 Å². The van der Waals surface area contributed by atoms with Gasteiger partial charge in [0, 0.05) is 13.7 Å². The van der Waals surface area contributed by atoms with Gasteiger partial charge in [0.15, 0.2) is 14.6 Å². The number of sulfone groups is 1. The number of benzene rings is 2. The third-order valence-corrected chi connectivity index (χ3v) is 7.71. The first kappa shape index (κ1) is 23.3. The Morgan fingerprint density at radius 2 is 1.84 bits per heavy atom. The number of methoxy groups -OCH3 is 1. The maximum Gasteiger partial charge on any atom is 0.263 e. The molecule has 31 heavy (non-hydrogen) atoms. The van der Waals surface area contributed by atoms with Gasteiger partial charge in [-0.05, 0) is 23.8 Å². The number of carbonyl (C=O) groups excluding carboxylic acids is 1. The summed E-state index contributed by atoms with van der Waals surface area (Å²) in [6.45, 7) is 0.657. The SMILES string of the molecule is COCCn1c(=NC(=O)CS(=O)(=O)Cc2ccccc2)sc2cc(S(N)(=O)=O)ccc21. The van der Waals surface area contributed by atoms with Gasteiger partial charge in [0.05, 0.1) is 27.5 Å². The van der Waals surface area contributed by atoms with Crippen molar-refractivity contribution in [2.24, 2.45) is 10.1 Å². The highest BCUT2D eigenvalue weighted by Crippen LogP contribution is 2.21. The van der Waals surface area contributed by atoms with Crippen LogP contribution in [0.15, 0.2) is 58.4 Å². The van der Waals surface area contributed by atoms with E-state index in [4.69, 9.17) is 9.88 Å². The van der Waals surface area contributed by atoms with Gasteiger partial charge in [0.2, 0.25) is 10.0 Å². The van der Waals surface area contributed by atoms with E-state index in [2.05, 4.69) is 4.99 Å². The maximum atomic E-state index is 12.4. The molecule has 1 amide bonds. The van der Waals surface area contributed by atoms with Crippen molar-refractivity contribution in [2.45, 2.75) is 17.2 Å². The number of nitrogens with zero attached hydrogens (tertiary/aromatic N) is 2. The highest BCUT2D eigenvalue weighted by atomic mass is 32.2. The molecule has 0 aliphatic heterocycles. The van der Waals surface area contributed by atoms with Gasteiger partial charge in [-0.3, -0.25) is 4.79 Å². The molecule has 0 atom stereocenters. The second kappa shape index (κ2) is 9.40. The van der Waals surface area contributed by atoms with E-state index in [9.17, 15) is 21.6 Å². The van der Waals surface area contributed by atoms with Crippen LogP contribution >= 0.6 is 11.3 Å². The lowest BCUT2D eigenvalue weighted by Gasteiger charge is -2.05. The zero-order valence-electron chi connectivity index (χ0n) is 16.6. The minimum absolute atomic E-state index is 0.0662. The van der Waals surface area contributed by atoms with E-state index < -0.39 is 31.5 Å². The number of aromatic nitrogens is 1. The fourth-order valence-electron chi connectivity index (χ4n) is 2.92. The van der Waals surface area contributed by atoms with Crippen molar-refractivity contribution in [3.8, 4) is 0 Å². The highest BCUT2D eigenvalue weighted by Gasteiger charge is 2.18. The molecule has 0 bridgehead atoms.